The fraction of sp³-hybridized carbons (Fsp3) is 0.421. The van der Waals surface area contributed by atoms with E-state index in [9.17, 15) is 14.0 Å². The van der Waals surface area contributed by atoms with Gasteiger partial charge in [-0.3, -0.25) is 14.6 Å². The smallest absolute Gasteiger partial charge is 0.330 e. The van der Waals surface area contributed by atoms with Crippen molar-refractivity contribution in [2.75, 3.05) is 29.7 Å². The quantitative estimate of drug-likeness (QED) is 0.641. The maximum absolute atomic E-state index is 13.9. The Morgan fingerprint density at radius 2 is 2.10 bits per heavy atom. The number of carboxylic acids is 1. The zero-order chi connectivity index (χ0) is 21.0. The first-order valence-corrected chi connectivity index (χ1v) is 10.9. The van der Waals surface area contributed by atoms with Crippen LogP contribution in [0.2, 0.25) is 0 Å². The summed E-state index contributed by atoms with van der Waals surface area (Å²) in [6, 6.07) is 4.16. The zero-order valence-electron chi connectivity index (χ0n) is 16.1. The first-order chi connectivity index (χ1) is 13.9. The largest absolute Gasteiger partial charge is 0.494 e. The average molecular weight is 440 g/mol. The van der Waals surface area contributed by atoms with Crippen LogP contribution in [0.4, 0.5) is 20.0 Å². The number of rotatable bonds is 7. The SMILES string of the molecule is COc1cc(N(C(=O)N(C)c2ncc(SCC(=O)O)s2)C2CCCC2)ccc1F. The third kappa shape index (κ3) is 4.99. The molecule has 0 aliphatic heterocycles. The maximum atomic E-state index is 13.9. The Morgan fingerprint density at radius 1 is 1.38 bits per heavy atom. The van der Waals surface area contributed by atoms with Crippen LogP contribution >= 0.6 is 23.1 Å². The molecule has 156 valence electrons. The molecule has 1 fully saturated rings. The number of carbonyl (C=O) groups is 2. The molecule has 1 aromatic heterocycles. The molecule has 1 saturated carbocycles. The highest BCUT2D eigenvalue weighted by Crippen LogP contribution is 2.35. The van der Waals surface area contributed by atoms with Crippen LogP contribution in [0.25, 0.3) is 0 Å². The van der Waals surface area contributed by atoms with Crippen molar-refractivity contribution >= 4 is 45.9 Å². The molecular weight excluding hydrogens is 417 g/mol. The number of methoxy groups -OCH3 is 1. The average Bonchev–Trinajstić information content (AvgIpc) is 3.39. The number of amides is 2. The van der Waals surface area contributed by atoms with Gasteiger partial charge in [0.2, 0.25) is 0 Å². The number of urea groups is 1. The fourth-order valence-corrected chi connectivity index (χ4v) is 4.92. The molecule has 2 amide bonds. The summed E-state index contributed by atoms with van der Waals surface area (Å²) < 4.78 is 19.7. The molecule has 0 atom stereocenters. The number of halogens is 1. The maximum Gasteiger partial charge on any atom is 0.330 e. The summed E-state index contributed by atoms with van der Waals surface area (Å²) in [7, 11) is 3.03. The van der Waals surface area contributed by atoms with Crippen molar-refractivity contribution in [2.45, 2.75) is 35.9 Å². The van der Waals surface area contributed by atoms with Crippen LogP contribution in [0.3, 0.4) is 0 Å². The Hall–Kier alpha value is -2.33. The van der Waals surface area contributed by atoms with E-state index in [1.165, 1.54) is 35.5 Å². The molecule has 1 N–H and O–H groups in total. The first-order valence-electron chi connectivity index (χ1n) is 9.11. The van der Waals surface area contributed by atoms with Crippen LogP contribution in [0, 0.1) is 5.82 Å². The number of carboxylic acid groups (broad SMARTS) is 1. The normalized spacial score (nSPS) is 14.0. The highest BCUT2D eigenvalue weighted by molar-refractivity contribution is 8.01. The van der Waals surface area contributed by atoms with Crippen LogP contribution < -0.4 is 14.5 Å². The topological polar surface area (TPSA) is 83.0 Å². The minimum absolute atomic E-state index is 0.0148. The van der Waals surface area contributed by atoms with Crippen LogP contribution in [0.1, 0.15) is 25.7 Å². The summed E-state index contributed by atoms with van der Waals surface area (Å²) in [5.41, 5.74) is 0.573. The second-order valence-corrected chi connectivity index (χ2v) is 8.90. The lowest BCUT2D eigenvalue weighted by Gasteiger charge is -2.32. The lowest BCUT2D eigenvalue weighted by molar-refractivity contribution is -0.133. The van der Waals surface area contributed by atoms with E-state index in [-0.39, 0.29) is 23.6 Å². The van der Waals surface area contributed by atoms with Crippen LogP contribution in [-0.4, -0.2) is 48.0 Å². The van der Waals surface area contributed by atoms with E-state index in [4.69, 9.17) is 9.84 Å². The number of hydrogen-bond acceptors (Lipinski definition) is 6. The zero-order valence-corrected chi connectivity index (χ0v) is 17.8. The Morgan fingerprint density at radius 3 is 2.76 bits per heavy atom. The minimum Gasteiger partial charge on any atom is -0.494 e. The molecule has 0 unspecified atom stereocenters. The molecule has 1 aromatic carbocycles. The van der Waals surface area contributed by atoms with Crippen molar-refractivity contribution in [1.29, 1.82) is 0 Å². The van der Waals surface area contributed by atoms with Crippen LogP contribution in [0.5, 0.6) is 5.75 Å². The van der Waals surface area contributed by atoms with Crippen molar-refractivity contribution in [3.63, 3.8) is 0 Å². The van der Waals surface area contributed by atoms with Crippen molar-refractivity contribution in [3.05, 3.63) is 30.2 Å². The summed E-state index contributed by atoms with van der Waals surface area (Å²) in [6.07, 6.45) is 5.37. The Balaban J connectivity index is 1.85. The molecule has 10 heteroatoms. The summed E-state index contributed by atoms with van der Waals surface area (Å²) in [5.74, 6) is -1.37. The number of thioether (sulfide) groups is 1. The van der Waals surface area contributed by atoms with E-state index < -0.39 is 11.8 Å². The van der Waals surface area contributed by atoms with E-state index in [0.717, 1.165) is 41.7 Å². The number of thiazole rings is 1. The van der Waals surface area contributed by atoms with E-state index >= 15 is 0 Å². The molecule has 1 aliphatic carbocycles. The Kier molecular flexibility index (Phi) is 6.96. The van der Waals surface area contributed by atoms with Crippen LogP contribution in [0.15, 0.2) is 28.6 Å². The second-order valence-electron chi connectivity index (χ2n) is 6.61. The van der Waals surface area contributed by atoms with Gasteiger partial charge in [-0.1, -0.05) is 24.2 Å². The van der Waals surface area contributed by atoms with E-state index in [1.807, 2.05) is 0 Å². The molecule has 29 heavy (non-hydrogen) atoms. The highest BCUT2D eigenvalue weighted by Gasteiger charge is 2.32. The van der Waals surface area contributed by atoms with Gasteiger partial charge in [-0.05, 0) is 25.0 Å². The van der Waals surface area contributed by atoms with E-state index in [1.54, 1.807) is 24.2 Å². The third-order valence-corrected chi connectivity index (χ3v) is 6.95. The minimum atomic E-state index is -0.910. The number of hydrogen-bond donors (Lipinski definition) is 1. The Labute approximate surface area is 176 Å². The summed E-state index contributed by atoms with van der Waals surface area (Å²) >= 11 is 2.42. The monoisotopic (exact) mass is 439 g/mol. The highest BCUT2D eigenvalue weighted by atomic mass is 32.2. The third-order valence-electron chi connectivity index (χ3n) is 4.69. The van der Waals surface area contributed by atoms with Gasteiger partial charge in [-0.15, -0.1) is 11.8 Å². The number of carbonyl (C=O) groups excluding carboxylic acids is 1. The molecule has 0 bridgehead atoms. The molecule has 0 radical (unpaired) electrons. The standard InChI is InChI=1S/C19H22FN3O4S2/c1-22(18-21-10-17(29-18)28-11-16(24)25)19(26)23(12-5-3-4-6-12)13-7-8-14(20)15(9-13)27-2/h7-10,12H,3-6,11H2,1-2H3,(H,24,25). The lowest BCUT2D eigenvalue weighted by atomic mass is 10.1. The predicted molar refractivity (Wildman–Crippen MR) is 112 cm³/mol. The van der Waals surface area contributed by atoms with Crippen molar-refractivity contribution < 1.29 is 23.8 Å². The van der Waals surface area contributed by atoms with Crippen LogP contribution in [-0.2, 0) is 4.79 Å². The predicted octanol–water partition coefficient (Wildman–Crippen LogP) is 4.47. The van der Waals surface area contributed by atoms with Crippen molar-refractivity contribution in [2.24, 2.45) is 0 Å². The van der Waals surface area contributed by atoms with Gasteiger partial charge < -0.3 is 9.84 Å². The molecule has 0 spiro atoms. The number of benzene rings is 1. The van der Waals surface area contributed by atoms with E-state index in [2.05, 4.69) is 4.98 Å². The van der Waals surface area contributed by atoms with Crippen molar-refractivity contribution in [1.82, 2.24) is 4.98 Å². The molecule has 1 aliphatic rings. The van der Waals surface area contributed by atoms with Gasteiger partial charge in [-0.2, -0.15) is 0 Å². The number of aromatic nitrogens is 1. The van der Waals surface area contributed by atoms with Gasteiger partial charge in [0.05, 0.1) is 23.3 Å². The molecular formula is C19H22FN3O4S2. The number of anilines is 2. The molecule has 1 heterocycles. The fourth-order valence-electron chi connectivity index (χ4n) is 3.29. The van der Waals surface area contributed by atoms with Gasteiger partial charge in [0.15, 0.2) is 16.7 Å². The van der Waals surface area contributed by atoms with E-state index in [0.29, 0.717) is 10.8 Å². The number of ether oxygens (including phenoxy) is 1. The molecule has 2 aromatic rings. The second kappa shape index (κ2) is 9.45. The summed E-state index contributed by atoms with van der Waals surface area (Å²) in [4.78, 5) is 31.5. The van der Waals surface area contributed by atoms with Gasteiger partial charge >= 0.3 is 12.0 Å². The van der Waals surface area contributed by atoms with Gasteiger partial charge in [-0.25, -0.2) is 14.2 Å². The Bertz CT molecular complexity index is 886. The first kappa shape index (κ1) is 21.4. The number of aliphatic carboxylic acids is 1. The number of nitrogens with zero attached hydrogens (tertiary/aromatic N) is 3. The lowest BCUT2D eigenvalue weighted by Crippen LogP contribution is -2.46. The summed E-state index contributed by atoms with van der Waals surface area (Å²) in [6.45, 7) is 0. The van der Waals surface area contributed by atoms with Crippen molar-refractivity contribution in [3.8, 4) is 5.75 Å². The molecule has 7 nitrogen and oxygen atoms in total. The van der Waals surface area contributed by atoms with Gasteiger partial charge in [0.1, 0.15) is 0 Å². The van der Waals surface area contributed by atoms with Gasteiger partial charge in [0.25, 0.3) is 0 Å². The summed E-state index contributed by atoms with van der Waals surface area (Å²) in [5, 5.41) is 9.29. The molecule has 0 saturated heterocycles. The van der Waals surface area contributed by atoms with Gasteiger partial charge in [0, 0.05) is 24.8 Å². The molecule has 3 rings (SSSR count).